The van der Waals surface area contributed by atoms with E-state index in [0.29, 0.717) is 38.7 Å². The fourth-order valence-electron chi connectivity index (χ4n) is 3.17. The number of aliphatic hydroxyl groups is 1. The van der Waals surface area contributed by atoms with Crippen LogP contribution in [0.4, 0.5) is 13.2 Å². The van der Waals surface area contributed by atoms with Crippen LogP contribution in [-0.2, 0) is 17.5 Å². The molecule has 6 nitrogen and oxygen atoms in total. The van der Waals surface area contributed by atoms with Crippen LogP contribution in [0.15, 0.2) is 23.2 Å². The van der Waals surface area contributed by atoms with E-state index in [1.807, 2.05) is 6.92 Å². The molecule has 1 aliphatic heterocycles. The molecule has 2 rings (SSSR count). The van der Waals surface area contributed by atoms with Gasteiger partial charge in [-0.1, -0.05) is 6.07 Å². The maximum absolute atomic E-state index is 13.4. The summed E-state index contributed by atoms with van der Waals surface area (Å²) in [5.41, 5.74) is -0.880. The smallest absolute Gasteiger partial charge is 0.416 e. The van der Waals surface area contributed by atoms with E-state index in [0.717, 1.165) is 12.5 Å². The number of hydrogen-bond acceptors (Lipinski definition) is 4. The minimum absolute atomic E-state index is 0. The summed E-state index contributed by atoms with van der Waals surface area (Å²) in [6.07, 6.45) is -3.08. The second-order valence-electron chi connectivity index (χ2n) is 6.85. The third-order valence-electron chi connectivity index (χ3n) is 4.83. The number of rotatable bonds is 8. The van der Waals surface area contributed by atoms with Gasteiger partial charge in [-0.15, -0.1) is 24.0 Å². The van der Waals surface area contributed by atoms with Gasteiger partial charge >= 0.3 is 6.18 Å². The molecule has 1 atom stereocenters. The Morgan fingerprint density at radius 2 is 2.10 bits per heavy atom. The first-order chi connectivity index (χ1) is 13.3. The molecule has 0 aliphatic carbocycles. The molecule has 29 heavy (non-hydrogen) atoms. The van der Waals surface area contributed by atoms with Crippen molar-refractivity contribution in [2.45, 2.75) is 32.5 Å². The average Bonchev–Trinajstić information content (AvgIpc) is 3.12. The van der Waals surface area contributed by atoms with Crippen molar-refractivity contribution in [1.82, 2.24) is 10.6 Å². The topological polar surface area (TPSA) is 75.1 Å². The predicted molar refractivity (Wildman–Crippen MR) is 116 cm³/mol. The number of alkyl halides is 3. The fourth-order valence-corrected chi connectivity index (χ4v) is 3.17. The summed E-state index contributed by atoms with van der Waals surface area (Å²) in [6.45, 7) is 4.08. The molecule has 0 radical (unpaired) electrons. The van der Waals surface area contributed by atoms with Crippen molar-refractivity contribution in [2.75, 3.05) is 40.0 Å². The van der Waals surface area contributed by atoms with Crippen LogP contribution >= 0.6 is 24.0 Å². The van der Waals surface area contributed by atoms with Gasteiger partial charge in [-0.2, -0.15) is 13.2 Å². The Balaban J connectivity index is 0.00000420. The highest BCUT2D eigenvalue weighted by molar-refractivity contribution is 14.0. The van der Waals surface area contributed by atoms with E-state index in [4.69, 9.17) is 9.47 Å². The summed E-state index contributed by atoms with van der Waals surface area (Å²) in [4.78, 5) is 4.32. The highest BCUT2D eigenvalue weighted by Gasteiger charge is 2.35. The van der Waals surface area contributed by atoms with Gasteiger partial charge in [-0.05, 0) is 37.5 Å². The van der Waals surface area contributed by atoms with Crippen molar-refractivity contribution in [3.8, 4) is 5.75 Å². The van der Waals surface area contributed by atoms with Crippen LogP contribution in [-0.4, -0.2) is 51.1 Å². The van der Waals surface area contributed by atoms with E-state index in [2.05, 4.69) is 15.6 Å². The van der Waals surface area contributed by atoms with Crippen molar-refractivity contribution in [2.24, 2.45) is 10.4 Å². The third kappa shape index (κ3) is 7.49. The van der Waals surface area contributed by atoms with Crippen LogP contribution in [0.1, 0.15) is 30.9 Å². The molecular formula is C19H29F3IN3O3. The molecule has 166 valence electrons. The molecule has 10 heteroatoms. The monoisotopic (exact) mass is 531 g/mol. The summed E-state index contributed by atoms with van der Waals surface area (Å²) in [7, 11) is 1.33. The van der Waals surface area contributed by atoms with E-state index in [1.165, 1.54) is 19.2 Å². The number of benzene rings is 1. The van der Waals surface area contributed by atoms with Crippen LogP contribution in [0.3, 0.4) is 0 Å². The standard InChI is InChI=1S/C19H28F3N3O3.HI/c1-3-23-17(25-12-18(6-8-26)7-9-28-13-18)24-11-14-4-5-15(27-2)10-16(14)19(20,21)22;/h4-5,10,26H,3,6-9,11-13H2,1-2H3,(H2,23,24,25);1H. The lowest BCUT2D eigenvalue weighted by Gasteiger charge is -2.27. The number of nitrogens with one attached hydrogen (secondary N) is 2. The Hall–Kier alpha value is -1.27. The first kappa shape index (κ1) is 25.8. The van der Waals surface area contributed by atoms with E-state index < -0.39 is 11.7 Å². The van der Waals surface area contributed by atoms with Crippen molar-refractivity contribution < 1.29 is 27.8 Å². The number of aliphatic hydroxyl groups excluding tert-OH is 1. The van der Waals surface area contributed by atoms with Crippen LogP contribution in [0.25, 0.3) is 0 Å². The van der Waals surface area contributed by atoms with E-state index in [1.54, 1.807) is 0 Å². The largest absolute Gasteiger partial charge is 0.497 e. The normalized spacial score (nSPS) is 19.6. The van der Waals surface area contributed by atoms with Crippen molar-refractivity contribution in [3.05, 3.63) is 29.3 Å². The lowest BCUT2D eigenvalue weighted by Crippen LogP contribution is -2.44. The van der Waals surface area contributed by atoms with Gasteiger partial charge in [-0.25, -0.2) is 4.99 Å². The summed E-state index contributed by atoms with van der Waals surface area (Å²) in [5, 5.41) is 15.5. The lowest BCUT2D eigenvalue weighted by atomic mass is 9.84. The minimum Gasteiger partial charge on any atom is -0.497 e. The van der Waals surface area contributed by atoms with Gasteiger partial charge in [0.05, 0.1) is 25.8 Å². The predicted octanol–water partition coefficient (Wildman–Crippen LogP) is 3.18. The molecule has 1 heterocycles. The summed E-state index contributed by atoms with van der Waals surface area (Å²) in [6, 6.07) is 3.86. The summed E-state index contributed by atoms with van der Waals surface area (Å²) < 4.78 is 50.4. The van der Waals surface area contributed by atoms with Crippen LogP contribution in [0.2, 0.25) is 0 Å². The molecule has 0 spiro atoms. The van der Waals surface area contributed by atoms with Crippen LogP contribution < -0.4 is 15.4 Å². The average molecular weight is 531 g/mol. The quantitative estimate of drug-likeness (QED) is 0.273. The van der Waals surface area contributed by atoms with Gasteiger partial charge in [0.15, 0.2) is 5.96 Å². The Kier molecular flexibility index (Phi) is 10.5. The molecule has 0 aromatic heterocycles. The molecule has 1 aromatic carbocycles. The minimum atomic E-state index is -4.49. The lowest BCUT2D eigenvalue weighted by molar-refractivity contribution is -0.138. The second kappa shape index (κ2) is 11.8. The molecule has 0 amide bonds. The molecule has 1 fully saturated rings. The number of guanidine groups is 1. The van der Waals surface area contributed by atoms with Crippen LogP contribution in [0.5, 0.6) is 5.75 Å². The zero-order chi connectivity index (χ0) is 20.6. The second-order valence-corrected chi connectivity index (χ2v) is 6.85. The van der Waals surface area contributed by atoms with Crippen molar-refractivity contribution >= 4 is 29.9 Å². The maximum Gasteiger partial charge on any atom is 0.416 e. The number of halogens is 4. The molecule has 0 bridgehead atoms. The van der Waals surface area contributed by atoms with Gasteiger partial charge in [0, 0.05) is 31.7 Å². The molecule has 1 unspecified atom stereocenters. The fraction of sp³-hybridized carbons (Fsp3) is 0.632. The molecule has 3 N–H and O–H groups in total. The molecule has 1 aromatic rings. The van der Waals surface area contributed by atoms with Gasteiger partial charge in [-0.3, -0.25) is 0 Å². The first-order valence-corrected chi connectivity index (χ1v) is 9.28. The molecule has 1 aliphatic rings. The number of aliphatic imine (C=N–C) groups is 1. The van der Waals surface area contributed by atoms with E-state index in [-0.39, 0.29) is 53.9 Å². The maximum atomic E-state index is 13.4. The van der Waals surface area contributed by atoms with E-state index >= 15 is 0 Å². The number of ether oxygens (including phenoxy) is 2. The van der Waals surface area contributed by atoms with Gasteiger partial charge in [0.25, 0.3) is 0 Å². The zero-order valence-corrected chi connectivity index (χ0v) is 19.0. The van der Waals surface area contributed by atoms with E-state index in [9.17, 15) is 18.3 Å². The molecule has 1 saturated heterocycles. The SMILES string of the molecule is CCNC(=NCc1ccc(OC)cc1C(F)(F)F)NCC1(CCO)CCOC1.I. The Morgan fingerprint density at radius 3 is 2.66 bits per heavy atom. The van der Waals surface area contributed by atoms with Crippen molar-refractivity contribution in [3.63, 3.8) is 0 Å². The van der Waals surface area contributed by atoms with Crippen molar-refractivity contribution in [1.29, 1.82) is 0 Å². The van der Waals surface area contributed by atoms with Gasteiger partial charge in [0.1, 0.15) is 5.75 Å². The Morgan fingerprint density at radius 1 is 1.34 bits per heavy atom. The van der Waals surface area contributed by atoms with Gasteiger partial charge in [0.2, 0.25) is 0 Å². The highest BCUT2D eigenvalue weighted by Crippen LogP contribution is 2.35. The number of nitrogens with zero attached hydrogens (tertiary/aromatic N) is 1. The Labute approximate surface area is 186 Å². The molecule has 0 saturated carbocycles. The first-order valence-electron chi connectivity index (χ1n) is 9.28. The third-order valence-corrected chi connectivity index (χ3v) is 4.83. The van der Waals surface area contributed by atoms with Crippen LogP contribution in [0, 0.1) is 5.41 Å². The number of methoxy groups -OCH3 is 1. The molecular weight excluding hydrogens is 502 g/mol. The summed E-state index contributed by atoms with van der Waals surface area (Å²) >= 11 is 0. The summed E-state index contributed by atoms with van der Waals surface area (Å²) in [5.74, 6) is 0.577. The zero-order valence-electron chi connectivity index (χ0n) is 16.6. The highest BCUT2D eigenvalue weighted by atomic mass is 127. The Bertz CT molecular complexity index is 666. The number of hydrogen-bond donors (Lipinski definition) is 3. The van der Waals surface area contributed by atoms with Gasteiger partial charge < -0.3 is 25.2 Å².